The zero-order valence-electron chi connectivity index (χ0n) is 9.93. The Balaban J connectivity index is 2.88. The molecule has 6 nitrogen and oxygen atoms in total. The summed E-state index contributed by atoms with van der Waals surface area (Å²) in [7, 11) is 0. The average molecular weight is 248 g/mol. The van der Waals surface area contributed by atoms with E-state index in [1.54, 1.807) is 18.2 Å². The number of carboxylic acids is 1. The summed E-state index contributed by atoms with van der Waals surface area (Å²) in [6, 6.07) is 3.82. The van der Waals surface area contributed by atoms with Gasteiger partial charge in [-0.2, -0.15) is 0 Å². The maximum absolute atomic E-state index is 12.1. The van der Waals surface area contributed by atoms with Crippen LogP contribution < -0.4 is 11.2 Å². The number of aromatic nitrogens is 2. The molecule has 0 aliphatic carbocycles. The number of hydrogen-bond donors (Lipinski definition) is 2. The molecule has 0 aliphatic heterocycles. The molecule has 0 unspecified atom stereocenters. The molecule has 2 rings (SSSR count). The number of fused-ring (bicyclic) bond motifs is 1. The van der Waals surface area contributed by atoms with Crippen LogP contribution in [-0.4, -0.2) is 20.6 Å². The van der Waals surface area contributed by atoms with Crippen LogP contribution in [0.1, 0.15) is 18.5 Å². The summed E-state index contributed by atoms with van der Waals surface area (Å²) in [4.78, 5) is 37.3. The highest BCUT2D eigenvalue weighted by Gasteiger charge is 2.19. The SMILES string of the molecule is Cc1ccc2[nH]c(=O)n([C@@H](C)C(=O)O)c(=O)c2c1. The molecule has 18 heavy (non-hydrogen) atoms. The van der Waals surface area contributed by atoms with Gasteiger partial charge in [0.2, 0.25) is 0 Å². The van der Waals surface area contributed by atoms with Gasteiger partial charge in [0.15, 0.2) is 0 Å². The van der Waals surface area contributed by atoms with Crippen molar-refractivity contribution in [2.45, 2.75) is 19.9 Å². The molecule has 1 heterocycles. The van der Waals surface area contributed by atoms with E-state index in [9.17, 15) is 14.4 Å². The lowest BCUT2D eigenvalue weighted by atomic mass is 10.1. The van der Waals surface area contributed by atoms with Crippen LogP contribution in [0, 0.1) is 6.92 Å². The average Bonchev–Trinajstić information content (AvgIpc) is 2.30. The first kappa shape index (κ1) is 12.1. The maximum atomic E-state index is 12.1. The highest BCUT2D eigenvalue weighted by molar-refractivity contribution is 5.78. The van der Waals surface area contributed by atoms with Gasteiger partial charge in [0, 0.05) is 0 Å². The van der Waals surface area contributed by atoms with Crippen LogP contribution in [0.15, 0.2) is 27.8 Å². The second kappa shape index (κ2) is 4.14. The zero-order valence-corrected chi connectivity index (χ0v) is 9.93. The second-order valence-corrected chi connectivity index (χ2v) is 4.17. The van der Waals surface area contributed by atoms with Crippen molar-refractivity contribution in [3.8, 4) is 0 Å². The zero-order chi connectivity index (χ0) is 13.4. The molecule has 1 aromatic heterocycles. The van der Waals surface area contributed by atoms with E-state index in [0.717, 1.165) is 5.56 Å². The third kappa shape index (κ3) is 1.81. The highest BCUT2D eigenvalue weighted by Crippen LogP contribution is 2.09. The molecule has 0 amide bonds. The molecule has 2 N–H and O–H groups in total. The fourth-order valence-electron chi connectivity index (χ4n) is 1.80. The molecule has 1 atom stereocenters. The quantitative estimate of drug-likeness (QED) is 0.815. The van der Waals surface area contributed by atoms with E-state index in [2.05, 4.69) is 4.98 Å². The summed E-state index contributed by atoms with van der Waals surface area (Å²) >= 11 is 0. The second-order valence-electron chi connectivity index (χ2n) is 4.17. The van der Waals surface area contributed by atoms with Crippen LogP contribution >= 0.6 is 0 Å². The molecule has 0 aliphatic rings. The summed E-state index contributed by atoms with van der Waals surface area (Å²) in [5.74, 6) is -1.23. The molecule has 1 aromatic carbocycles. The summed E-state index contributed by atoms with van der Waals surface area (Å²) in [6.45, 7) is 3.11. The lowest BCUT2D eigenvalue weighted by Crippen LogP contribution is -2.39. The number of nitrogens with zero attached hydrogens (tertiary/aromatic N) is 1. The summed E-state index contributed by atoms with van der Waals surface area (Å²) < 4.78 is 0.712. The number of carbonyl (C=O) groups is 1. The van der Waals surface area contributed by atoms with Crippen molar-refractivity contribution in [1.82, 2.24) is 9.55 Å². The molecule has 0 radical (unpaired) electrons. The minimum Gasteiger partial charge on any atom is -0.480 e. The molecule has 0 spiro atoms. The number of benzene rings is 1. The molecule has 0 saturated carbocycles. The Kier molecular flexibility index (Phi) is 2.78. The Bertz CT molecular complexity index is 742. The van der Waals surface area contributed by atoms with Gasteiger partial charge in [0.25, 0.3) is 5.56 Å². The molecule has 2 aromatic rings. The molecule has 6 heteroatoms. The Labute approximate surface area is 102 Å². The number of aliphatic carboxylic acids is 1. The van der Waals surface area contributed by atoms with E-state index in [-0.39, 0.29) is 0 Å². The summed E-state index contributed by atoms with van der Waals surface area (Å²) in [6.07, 6.45) is 0. The summed E-state index contributed by atoms with van der Waals surface area (Å²) in [5, 5.41) is 9.21. The minimum absolute atomic E-state index is 0.308. The number of H-pyrrole nitrogens is 1. The van der Waals surface area contributed by atoms with E-state index in [1.807, 2.05) is 6.92 Å². The van der Waals surface area contributed by atoms with Crippen molar-refractivity contribution in [1.29, 1.82) is 0 Å². The van der Waals surface area contributed by atoms with Gasteiger partial charge in [-0.05, 0) is 26.0 Å². The summed E-state index contributed by atoms with van der Waals surface area (Å²) in [5.41, 5.74) is -0.0378. The molecule has 0 bridgehead atoms. The van der Waals surface area contributed by atoms with E-state index in [0.29, 0.717) is 15.5 Å². The van der Waals surface area contributed by atoms with Crippen LogP contribution in [0.4, 0.5) is 0 Å². The number of hydrogen-bond acceptors (Lipinski definition) is 3. The van der Waals surface area contributed by atoms with E-state index >= 15 is 0 Å². The molecule has 0 fully saturated rings. The van der Waals surface area contributed by atoms with Gasteiger partial charge in [-0.1, -0.05) is 11.6 Å². The number of aryl methyl sites for hydroxylation is 1. The van der Waals surface area contributed by atoms with E-state index in [4.69, 9.17) is 5.11 Å². The van der Waals surface area contributed by atoms with Crippen LogP contribution in [0.3, 0.4) is 0 Å². The number of rotatable bonds is 2. The van der Waals surface area contributed by atoms with Crippen molar-refractivity contribution in [2.75, 3.05) is 0 Å². The first-order valence-electron chi connectivity index (χ1n) is 5.40. The third-order valence-electron chi connectivity index (χ3n) is 2.83. The number of carboxylic acid groups (broad SMARTS) is 1. The standard InChI is InChI=1S/C12H12N2O4/c1-6-3-4-9-8(5-6)10(15)14(12(18)13-9)7(2)11(16)17/h3-5,7H,1-2H3,(H,13,18)(H,16,17)/t7-/m0/s1. The van der Waals surface area contributed by atoms with Gasteiger partial charge >= 0.3 is 11.7 Å². The Morgan fingerprint density at radius 1 is 1.39 bits per heavy atom. The van der Waals surface area contributed by atoms with Crippen LogP contribution in [-0.2, 0) is 4.79 Å². The lowest BCUT2D eigenvalue weighted by molar-refractivity contribution is -0.140. The topological polar surface area (TPSA) is 92.2 Å². The Hall–Kier alpha value is -2.37. The predicted octanol–water partition coefficient (Wildman–Crippen LogP) is 0.644. The van der Waals surface area contributed by atoms with Crippen molar-refractivity contribution in [2.24, 2.45) is 0 Å². The smallest absolute Gasteiger partial charge is 0.329 e. The maximum Gasteiger partial charge on any atom is 0.329 e. The van der Waals surface area contributed by atoms with Gasteiger partial charge in [-0.25, -0.2) is 14.2 Å². The van der Waals surface area contributed by atoms with E-state index in [1.165, 1.54) is 6.92 Å². The predicted molar refractivity (Wildman–Crippen MR) is 65.9 cm³/mol. The normalized spacial score (nSPS) is 12.6. The van der Waals surface area contributed by atoms with Gasteiger partial charge in [-0.15, -0.1) is 0 Å². The van der Waals surface area contributed by atoms with Gasteiger partial charge < -0.3 is 10.1 Å². The van der Waals surface area contributed by atoms with Crippen molar-refractivity contribution in [3.63, 3.8) is 0 Å². The largest absolute Gasteiger partial charge is 0.480 e. The molecule has 0 saturated heterocycles. The Morgan fingerprint density at radius 3 is 2.67 bits per heavy atom. The van der Waals surface area contributed by atoms with Crippen LogP contribution in [0.2, 0.25) is 0 Å². The number of aromatic amines is 1. The monoisotopic (exact) mass is 248 g/mol. The molecular weight excluding hydrogens is 236 g/mol. The molecular formula is C12H12N2O4. The fraction of sp³-hybridized carbons (Fsp3) is 0.250. The minimum atomic E-state index is -1.23. The van der Waals surface area contributed by atoms with Crippen LogP contribution in [0.25, 0.3) is 10.9 Å². The first-order valence-corrected chi connectivity index (χ1v) is 5.40. The Morgan fingerprint density at radius 2 is 2.06 bits per heavy atom. The molecule has 94 valence electrons. The lowest BCUT2D eigenvalue weighted by Gasteiger charge is -2.10. The van der Waals surface area contributed by atoms with Crippen molar-refractivity contribution in [3.05, 3.63) is 44.6 Å². The van der Waals surface area contributed by atoms with E-state index < -0.39 is 23.3 Å². The van der Waals surface area contributed by atoms with Crippen molar-refractivity contribution >= 4 is 16.9 Å². The van der Waals surface area contributed by atoms with Gasteiger partial charge in [0.1, 0.15) is 6.04 Å². The van der Waals surface area contributed by atoms with Crippen LogP contribution in [0.5, 0.6) is 0 Å². The van der Waals surface area contributed by atoms with Gasteiger partial charge in [-0.3, -0.25) is 4.79 Å². The fourth-order valence-corrected chi connectivity index (χ4v) is 1.80. The third-order valence-corrected chi connectivity index (χ3v) is 2.83. The van der Waals surface area contributed by atoms with Gasteiger partial charge in [0.05, 0.1) is 10.9 Å². The number of nitrogens with one attached hydrogen (secondary N) is 1. The van der Waals surface area contributed by atoms with Crippen molar-refractivity contribution < 1.29 is 9.90 Å². The highest BCUT2D eigenvalue weighted by atomic mass is 16.4. The first-order chi connectivity index (χ1) is 8.41.